The maximum absolute atomic E-state index is 12.6. The van der Waals surface area contributed by atoms with Gasteiger partial charge in [0.15, 0.2) is 8.32 Å². The molecule has 2 N–H and O–H groups in total. The van der Waals surface area contributed by atoms with Crippen LogP contribution in [-0.4, -0.2) is 14.4 Å². The van der Waals surface area contributed by atoms with Gasteiger partial charge in [-0.15, -0.1) is 12.4 Å². The highest BCUT2D eigenvalue weighted by atomic mass is 35.5. The molecule has 0 heterocycles. The van der Waals surface area contributed by atoms with Crippen LogP contribution in [-0.2, 0) is 10.6 Å². The fourth-order valence-electron chi connectivity index (χ4n) is 1.86. The average molecular weight is 342 g/mol. The van der Waals surface area contributed by atoms with Crippen molar-refractivity contribution in [3.63, 3.8) is 0 Å². The van der Waals surface area contributed by atoms with Crippen LogP contribution < -0.4 is 5.73 Å². The molecule has 0 spiro atoms. The average Bonchev–Trinajstić information content (AvgIpc) is 2.33. The molecule has 1 aromatic carbocycles. The summed E-state index contributed by atoms with van der Waals surface area (Å²) in [5.74, 6) is 0. The van der Waals surface area contributed by atoms with Gasteiger partial charge in [-0.1, -0.05) is 19.1 Å². The topological polar surface area (TPSA) is 35.2 Å². The van der Waals surface area contributed by atoms with E-state index in [0.29, 0.717) is 12.0 Å². The van der Waals surface area contributed by atoms with Crippen molar-refractivity contribution in [2.24, 2.45) is 5.73 Å². The molecule has 0 aliphatic carbocycles. The van der Waals surface area contributed by atoms with Gasteiger partial charge in [0, 0.05) is 6.04 Å². The molecule has 2 unspecified atom stereocenters. The Morgan fingerprint density at radius 3 is 1.95 bits per heavy atom. The van der Waals surface area contributed by atoms with Crippen molar-refractivity contribution in [1.82, 2.24) is 0 Å². The van der Waals surface area contributed by atoms with Crippen molar-refractivity contribution >= 4 is 20.7 Å². The minimum Gasteiger partial charge on any atom is -0.409 e. The molecule has 2 atom stereocenters. The molecule has 0 aliphatic rings. The lowest BCUT2D eigenvalue weighted by atomic mass is 10.00. The monoisotopic (exact) mass is 341 g/mol. The number of halogens is 4. The molecule has 0 radical (unpaired) electrons. The normalized spacial score (nSPS) is 15.2. The molecule has 0 bridgehead atoms. The van der Waals surface area contributed by atoms with Gasteiger partial charge in [-0.25, -0.2) is 0 Å². The Hall–Kier alpha value is -0.563. The first-order chi connectivity index (χ1) is 9.04. The highest BCUT2D eigenvalue weighted by Gasteiger charge is 2.31. The summed E-state index contributed by atoms with van der Waals surface area (Å²) in [7, 11) is -1.83. The number of rotatable bonds is 5. The summed E-state index contributed by atoms with van der Waals surface area (Å²) in [4.78, 5) is 0. The van der Waals surface area contributed by atoms with E-state index in [2.05, 4.69) is 0 Å². The summed E-state index contributed by atoms with van der Waals surface area (Å²) in [6.07, 6.45) is -3.97. The molecular weight excluding hydrogens is 319 g/mol. The first-order valence-corrected chi connectivity index (χ1v) is 10.1. The number of benzene rings is 1. The van der Waals surface area contributed by atoms with E-state index in [1.165, 1.54) is 12.1 Å². The third kappa shape index (κ3) is 6.38. The number of nitrogens with two attached hydrogens (primary N) is 1. The molecule has 122 valence electrons. The van der Waals surface area contributed by atoms with Crippen LogP contribution in [0.4, 0.5) is 13.2 Å². The molecule has 0 aliphatic heterocycles. The minimum atomic E-state index is -4.32. The lowest BCUT2D eigenvalue weighted by Crippen LogP contribution is -2.37. The highest BCUT2D eigenvalue weighted by Crippen LogP contribution is 2.32. The maximum Gasteiger partial charge on any atom is 0.416 e. The highest BCUT2D eigenvalue weighted by molar-refractivity contribution is 6.69. The Balaban J connectivity index is 0.00000400. The van der Waals surface area contributed by atoms with E-state index in [9.17, 15) is 13.2 Å². The molecule has 0 saturated heterocycles. The predicted octanol–water partition coefficient (Wildman–Crippen LogP) is 4.76. The van der Waals surface area contributed by atoms with E-state index in [1.54, 1.807) is 0 Å². The fourth-order valence-corrected chi connectivity index (χ4v) is 2.93. The van der Waals surface area contributed by atoms with Gasteiger partial charge in [0.25, 0.3) is 0 Å². The third-order valence-electron chi connectivity index (χ3n) is 2.91. The Morgan fingerprint density at radius 1 is 1.14 bits per heavy atom. The smallest absolute Gasteiger partial charge is 0.409 e. The van der Waals surface area contributed by atoms with Crippen molar-refractivity contribution < 1.29 is 17.6 Å². The zero-order valence-electron chi connectivity index (χ0n) is 12.7. The van der Waals surface area contributed by atoms with Crippen LogP contribution in [0.3, 0.4) is 0 Å². The Kier molecular flexibility index (Phi) is 7.42. The van der Waals surface area contributed by atoms with Crippen LogP contribution in [0.1, 0.15) is 30.6 Å². The Labute approximate surface area is 131 Å². The van der Waals surface area contributed by atoms with Gasteiger partial charge in [0.2, 0.25) is 0 Å². The number of hydrogen-bond acceptors (Lipinski definition) is 2. The van der Waals surface area contributed by atoms with Crippen LogP contribution >= 0.6 is 12.4 Å². The fraction of sp³-hybridized carbons (Fsp3) is 0.571. The van der Waals surface area contributed by atoms with Gasteiger partial charge in [-0.3, -0.25) is 0 Å². The van der Waals surface area contributed by atoms with Gasteiger partial charge in [-0.2, -0.15) is 13.2 Å². The minimum absolute atomic E-state index is 0. The van der Waals surface area contributed by atoms with Gasteiger partial charge < -0.3 is 10.2 Å². The van der Waals surface area contributed by atoms with Crippen molar-refractivity contribution in [2.75, 3.05) is 0 Å². The first-order valence-electron chi connectivity index (χ1n) is 6.65. The summed E-state index contributed by atoms with van der Waals surface area (Å²) in [6, 6.07) is 4.86. The second-order valence-corrected chi connectivity index (χ2v) is 10.3. The van der Waals surface area contributed by atoms with E-state index >= 15 is 0 Å². The molecule has 1 rings (SSSR count). The molecule has 0 saturated carbocycles. The van der Waals surface area contributed by atoms with Crippen LogP contribution in [0.2, 0.25) is 19.6 Å². The zero-order valence-corrected chi connectivity index (χ0v) is 14.5. The van der Waals surface area contributed by atoms with Crippen LogP contribution in [0.15, 0.2) is 24.3 Å². The van der Waals surface area contributed by atoms with Crippen LogP contribution in [0.5, 0.6) is 0 Å². The van der Waals surface area contributed by atoms with Crippen molar-refractivity contribution in [3.05, 3.63) is 35.4 Å². The SMILES string of the molecule is CCC(N)C(O[Si](C)(C)C)c1ccc(C(F)(F)F)cc1.Cl. The second kappa shape index (κ2) is 7.62. The quantitative estimate of drug-likeness (QED) is 0.784. The summed E-state index contributed by atoms with van der Waals surface area (Å²) in [5.41, 5.74) is 6.10. The summed E-state index contributed by atoms with van der Waals surface area (Å²) < 4.78 is 43.7. The standard InChI is InChI=1S/C14H22F3NOSi.ClH/c1-5-12(18)13(19-20(2,3)4)10-6-8-11(9-7-10)14(15,16)17;/h6-9,12-13H,5,18H2,1-4H3;1H. The van der Waals surface area contributed by atoms with Crippen molar-refractivity contribution in [2.45, 2.75) is 51.3 Å². The molecule has 1 aromatic rings. The zero-order chi connectivity index (χ0) is 15.6. The second-order valence-electron chi connectivity index (χ2n) is 5.84. The van der Waals surface area contributed by atoms with E-state index in [4.69, 9.17) is 10.2 Å². The maximum atomic E-state index is 12.6. The molecule has 7 heteroatoms. The molecular formula is C14H23ClF3NOSi. The summed E-state index contributed by atoms with van der Waals surface area (Å²) in [6.45, 7) is 8.04. The van der Waals surface area contributed by atoms with E-state index in [1.807, 2.05) is 26.6 Å². The lowest BCUT2D eigenvalue weighted by molar-refractivity contribution is -0.137. The third-order valence-corrected chi connectivity index (χ3v) is 3.87. The lowest BCUT2D eigenvalue weighted by Gasteiger charge is -2.30. The molecule has 0 aromatic heterocycles. The van der Waals surface area contributed by atoms with E-state index in [-0.39, 0.29) is 24.6 Å². The molecule has 21 heavy (non-hydrogen) atoms. The van der Waals surface area contributed by atoms with Crippen LogP contribution in [0, 0.1) is 0 Å². The van der Waals surface area contributed by atoms with Gasteiger partial charge in [-0.05, 0) is 43.8 Å². The summed E-state index contributed by atoms with van der Waals surface area (Å²) in [5, 5.41) is 0. The summed E-state index contributed by atoms with van der Waals surface area (Å²) >= 11 is 0. The Bertz CT molecular complexity index is 431. The van der Waals surface area contributed by atoms with Crippen molar-refractivity contribution in [1.29, 1.82) is 0 Å². The largest absolute Gasteiger partial charge is 0.416 e. The van der Waals surface area contributed by atoms with E-state index < -0.39 is 20.1 Å². The molecule has 0 fully saturated rings. The number of hydrogen-bond donors (Lipinski definition) is 1. The first kappa shape index (κ1) is 20.4. The van der Waals surface area contributed by atoms with Crippen molar-refractivity contribution in [3.8, 4) is 0 Å². The predicted molar refractivity (Wildman–Crippen MR) is 84.1 cm³/mol. The molecule has 0 amide bonds. The van der Waals surface area contributed by atoms with Gasteiger partial charge in [0.05, 0.1) is 11.7 Å². The van der Waals surface area contributed by atoms with E-state index in [0.717, 1.165) is 12.1 Å². The van der Waals surface area contributed by atoms with Gasteiger partial charge in [0.1, 0.15) is 0 Å². The molecule has 2 nitrogen and oxygen atoms in total. The Morgan fingerprint density at radius 2 is 1.62 bits per heavy atom. The van der Waals surface area contributed by atoms with Crippen LogP contribution in [0.25, 0.3) is 0 Å². The number of alkyl halides is 3. The van der Waals surface area contributed by atoms with Gasteiger partial charge >= 0.3 is 6.18 Å².